The fraction of sp³-hybridized carbons (Fsp3) is 0.316. The molecule has 1 amide bonds. The van der Waals surface area contributed by atoms with Crippen molar-refractivity contribution in [3.8, 4) is 0 Å². The predicted octanol–water partition coefficient (Wildman–Crippen LogP) is 3.56. The van der Waals surface area contributed by atoms with Crippen molar-refractivity contribution in [3.05, 3.63) is 71.3 Å². The summed E-state index contributed by atoms with van der Waals surface area (Å²) in [5.41, 5.74) is 9.72. The van der Waals surface area contributed by atoms with E-state index in [0.717, 1.165) is 25.7 Å². The Hall–Kier alpha value is -1.80. The number of primary amides is 1. The molecule has 0 radical (unpaired) electrons. The van der Waals surface area contributed by atoms with Gasteiger partial charge in [0.25, 0.3) is 0 Å². The first kappa shape index (κ1) is 16.6. The number of amides is 1. The van der Waals surface area contributed by atoms with Gasteiger partial charge in [0, 0.05) is 5.92 Å². The maximum Gasteiger partial charge on any atom is 0.220 e. The summed E-state index contributed by atoms with van der Waals surface area (Å²) in [4.78, 5) is 11.9. The molecule has 3 rings (SSSR count). The molecule has 0 saturated carbocycles. The molecule has 1 aliphatic rings. The molecular weight excluding hydrogens is 294 g/mol. The van der Waals surface area contributed by atoms with Crippen LogP contribution in [0.25, 0.3) is 0 Å². The Labute approximate surface area is 138 Å². The van der Waals surface area contributed by atoms with E-state index in [1.165, 1.54) is 16.7 Å². The van der Waals surface area contributed by atoms with E-state index >= 15 is 0 Å². The van der Waals surface area contributed by atoms with E-state index < -0.39 is 0 Å². The van der Waals surface area contributed by atoms with E-state index in [2.05, 4.69) is 36.4 Å². The van der Waals surface area contributed by atoms with Crippen LogP contribution in [0.5, 0.6) is 0 Å². The van der Waals surface area contributed by atoms with E-state index in [4.69, 9.17) is 5.73 Å². The number of nitrogens with two attached hydrogens (primary N) is 1. The minimum absolute atomic E-state index is 0. The first-order valence-corrected chi connectivity index (χ1v) is 7.64. The number of hydrogen-bond donors (Lipinski definition) is 1. The van der Waals surface area contributed by atoms with Crippen LogP contribution >= 0.6 is 12.4 Å². The van der Waals surface area contributed by atoms with Crippen molar-refractivity contribution < 1.29 is 4.79 Å². The zero-order valence-electron chi connectivity index (χ0n) is 12.6. The second kappa shape index (κ2) is 7.46. The Bertz CT molecular complexity index is 601. The third-order valence-electron chi connectivity index (χ3n) is 4.60. The van der Waals surface area contributed by atoms with Gasteiger partial charge in [0.1, 0.15) is 0 Å². The van der Waals surface area contributed by atoms with Crippen LogP contribution in [0.15, 0.2) is 54.6 Å². The molecule has 0 fully saturated rings. The number of carbonyl (C=O) groups is 1. The standard InChI is InChI=1S/C19H21NO.ClH/c20-19(21)18(11-10-14-6-2-1-3-7-14)17-12-15-8-4-5-9-16(15)13-17;/h1-9,17-18H,10-13H2,(H2,20,21);1H. The van der Waals surface area contributed by atoms with E-state index in [1.807, 2.05) is 18.2 Å². The third kappa shape index (κ3) is 3.69. The van der Waals surface area contributed by atoms with Crippen LogP contribution in [0, 0.1) is 11.8 Å². The summed E-state index contributed by atoms with van der Waals surface area (Å²) < 4.78 is 0. The highest BCUT2D eigenvalue weighted by molar-refractivity contribution is 5.85. The second-order valence-corrected chi connectivity index (χ2v) is 5.97. The molecule has 2 N–H and O–H groups in total. The molecule has 1 aliphatic carbocycles. The molecule has 0 aromatic heterocycles. The van der Waals surface area contributed by atoms with Gasteiger partial charge in [-0.05, 0) is 48.3 Å². The molecule has 0 spiro atoms. The van der Waals surface area contributed by atoms with E-state index in [-0.39, 0.29) is 24.2 Å². The molecule has 0 saturated heterocycles. The number of benzene rings is 2. The van der Waals surface area contributed by atoms with Gasteiger partial charge < -0.3 is 5.73 Å². The first-order valence-electron chi connectivity index (χ1n) is 7.64. The van der Waals surface area contributed by atoms with Crippen LogP contribution in [-0.4, -0.2) is 5.91 Å². The van der Waals surface area contributed by atoms with Gasteiger partial charge in [0.15, 0.2) is 0 Å². The summed E-state index contributed by atoms with van der Waals surface area (Å²) in [6.07, 6.45) is 3.73. The molecule has 2 nitrogen and oxygen atoms in total. The van der Waals surface area contributed by atoms with Crippen LogP contribution in [0.2, 0.25) is 0 Å². The van der Waals surface area contributed by atoms with Crippen molar-refractivity contribution in [1.29, 1.82) is 0 Å². The highest BCUT2D eigenvalue weighted by atomic mass is 35.5. The molecule has 22 heavy (non-hydrogen) atoms. The number of hydrogen-bond acceptors (Lipinski definition) is 1. The molecule has 116 valence electrons. The predicted molar refractivity (Wildman–Crippen MR) is 92.0 cm³/mol. The maximum atomic E-state index is 11.9. The van der Waals surface area contributed by atoms with Crippen molar-refractivity contribution >= 4 is 18.3 Å². The fourth-order valence-corrected chi connectivity index (χ4v) is 3.45. The number of fused-ring (bicyclic) bond motifs is 1. The SMILES string of the molecule is Cl.NC(=O)C(CCc1ccccc1)C1Cc2ccccc2C1. The lowest BCUT2D eigenvalue weighted by Gasteiger charge is -2.20. The molecule has 1 unspecified atom stereocenters. The minimum Gasteiger partial charge on any atom is -0.369 e. The van der Waals surface area contributed by atoms with Gasteiger partial charge >= 0.3 is 0 Å². The van der Waals surface area contributed by atoms with Crippen LogP contribution in [0.1, 0.15) is 23.1 Å². The Morgan fingerprint density at radius 1 is 1.00 bits per heavy atom. The average Bonchev–Trinajstić information content (AvgIpc) is 2.91. The summed E-state index contributed by atoms with van der Waals surface area (Å²) in [5, 5.41) is 0. The number of rotatable bonds is 5. The maximum absolute atomic E-state index is 11.9. The van der Waals surface area contributed by atoms with Crippen molar-refractivity contribution in [2.45, 2.75) is 25.7 Å². The van der Waals surface area contributed by atoms with Gasteiger partial charge in [-0.1, -0.05) is 54.6 Å². The summed E-state index contributed by atoms with van der Waals surface area (Å²) in [6, 6.07) is 18.8. The number of halogens is 1. The lowest BCUT2D eigenvalue weighted by atomic mass is 9.84. The molecule has 2 aromatic carbocycles. The molecule has 0 aliphatic heterocycles. The molecule has 3 heteroatoms. The second-order valence-electron chi connectivity index (χ2n) is 5.97. The summed E-state index contributed by atoms with van der Waals surface area (Å²) in [6.45, 7) is 0. The Morgan fingerprint density at radius 3 is 2.09 bits per heavy atom. The topological polar surface area (TPSA) is 43.1 Å². The largest absolute Gasteiger partial charge is 0.369 e. The lowest BCUT2D eigenvalue weighted by molar-refractivity contribution is -0.123. The highest BCUT2D eigenvalue weighted by Gasteiger charge is 2.31. The Balaban J connectivity index is 0.00000176. The Kier molecular flexibility index (Phi) is 5.62. The van der Waals surface area contributed by atoms with E-state index in [0.29, 0.717) is 5.92 Å². The molecule has 1 atom stereocenters. The van der Waals surface area contributed by atoms with Gasteiger partial charge in [0.2, 0.25) is 5.91 Å². The molecular formula is C19H22ClNO. The normalized spacial score (nSPS) is 14.9. The van der Waals surface area contributed by atoms with Crippen LogP contribution in [-0.2, 0) is 24.1 Å². The molecule has 0 bridgehead atoms. The van der Waals surface area contributed by atoms with Gasteiger partial charge in [-0.3, -0.25) is 4.79 Å². The summed E-state index contributed by atoms with van der Waals surface area (Å²) in [5.74, 6) is 0.185. The average molecular weight is 316 g/mol. The minimum atomic E-state index is -0.149. The van der Waals surface area contributed by atoms with E-state index in [9.17, 15) is 4.79 Å². The van der Waals surface area contributed by atoms with Gasteiger partial charge in [0.05, 0.1) is 0 Å². The van der Waals surface area contributed by atoms with E-state index in [1.54, 1.807) is 0 Å². The Morgan fingerprint density at radius 2 is 1.55 bits per heavy atom. The van der Waals surface area contributed by atoms with Gasteiger partial charge in [-0.2, -0.15) is 0 Å². The fourth-order valence-electron chi connectivity index (χ4n) is 3.45. The monoisotopic (exact) mass is 315 g/mol. The van der Waals surface area contributed by atoms with Crippen LogP contribution in [0.4, 0.5) is 0 Å². The number of aryl methyl sites for hydroxylation is 1. The van der Waals surface area contributed by atoms with Crippen molar-refractivity contribution in [1.82, 2.24) is 0 Å². The quantitative estimate of drug-likeness (QED) is 0.900. The smallest absolute Gasteiger partial charge is 0.220 e. The summed E-state index contributed by atoms with van der Waals surface area (Å²) in [7, 11) is 0. The third-order valence-corrected chi connectivity index (χ3v) is 4.60. The zero-order chi connectivity index (χ0) is 14.7. The number of carbonyl (C=O) groups excluding carboxylic acids is 1. The lowest BCUT2D eigenvalue weighted by Crippen LogP contribution is -2.31. The molecule has 2 aromatic rings. The first-order chi connectivity index (χ1) is 10.2. The van der Waals surface area contributed by atoms with Gasteiger partial charge in [-0.25, -0.2) is 0 Å². The highest BCUT2D eigenvalue weighted by Crippen LogP contribution is 2.33. The zero-order valence-corrected chi connectivity index (χ0v) is 13.4. The van der Waals surface area contributed by atoms with Crippen molar-refractivity contribution in [2.24, 2.45) is 17.6 Å². The van der Waals surface area contributed by atoms with Gasteiger partial charge in [-0.15, -0.1) is 12.4 Å². The van der Waals surface area contributed by atoms with Crippen LogP contribution < -0.4 is 5.73 Å². The van der Waals surface area contributed by atoms with Crippen molar-refractivity contribution in [2.75, 3.05) is 0 Å². The van der Waals surface area contributed by atoms with Crippen molar-refractivity contribution in [3.63, 3.8) is 0 Å². The summed E-state index contributed by atoms with van der Waals surface area (Å²) >= 11 is 0. The van der Waals surface area contributed by atoms with Crippen LogP contribution in [0.3, 0.4) is 0 Å². The molecule has 0 heterocycles.